The van der Waals surface area contributed by atoms with E-state index in [4.69, 9.17) is 4.74 Å². The van der Waals surface area contributed by atoms with Gasteiger partial charge >= 0.3 is 0 Å². The highest BCUT2D eigenvalue weighted by Gasteiger charge is 1.98. The van der Waals surface area contributed by atoms with Gasteiger partial charge in [-0.1, -0.05) is 6.08 Å². The van der Waals surface area contributed by atoms with Gasteiger partial charge in [-0.3, -0.25) is 4.79 Å². The molecule has 0 atom stereocenters. The van der Waals surface area contributed by atoms with Crippen LogP contribution in [0, 0.1) is 0 Å². The Morgan fingerprint density at radius 2 is 2.29 bits per heavy atom. The number of nitrogens with one attached hydrogen (secondary N) is 2. The molecule has 0 aliphatic heterocycles. The summed E-state index contributed by atoms with van der Waals surface area (Å²) in [7, 11) is 1.86. The van der Waals surface area contributed by atoms with Gasteiger partial charge < -0.3 is 15.4 Å². The van der Waals surface area contributed by atoms with Crippen molar-refractivity contribution in [2.45, 2.75) is 12.8 Å². The largest absolute Gasteiger partial charge is 0.377 e. The van der Waals surface area contributed by atoms with Crippen LogP contribution in [0.4, 0.5) is 0 Å². The zero-order valence-corrected chi connectivity index (χ0v) is 8.84. The van der Waals surface area contributed by atoms with Gasteiger partial charge in [-0.05, 0) is 13.5 Å². The third-order valence-electron chi connectivity index (χ3n) is 1.63. The molecule has 0 spiro atoms. The van der Waals surface area contributed by atoms with Crippen LogP contribution in [0.1, 0.15) is 12.8 Å². The van der Waals surface area contributed by atoms with Crippen molar-refractivity contribution in [3.05, 3.63) is 12.7 Å². The first-order valence-electron chi connectivity index (χ1n) is 4.91. The second-order valence-electron chi connectivity index (χ2n) is 2.92. The molecule has 0 unspecified atom stereocenters. The third-order valence-corrected chi connectivity index (χ3v) is 1.63. The molecular weight excluding hydrogens is 180 g/mol. The zero-order chi connectivity index (χ0) is 10.6. The number of hydrogen-bond acceptors (Lipinski definition) is 3. The second-order valence-corrected chi connectivity index (χ2v) is 2.92. The van der Waals surface area contributed by atoms with Crippen molar-refractivity contribution >= 4 is 5.91 Å². The average molecular weight is 200 g/mol. The fourth-order valence-corrected chi connectivity index (χ4v) is 0.917. The lowest BCUT2D eigenvalue weighted by Gasteiger charge is -2.04. The van der Waals surface area contributed by atoms with E-state index < -0.39 is 0 Å². The van der Waals surface area contributed by atoms with Crippen LogP contribution >= 0.6 is 0 Å². The van der Waals surface area contributed by atoms with Gasteiger partial charge in [0.2, 0.25) is 5.91 Å². The Hall–Kier alpha value is -0.870. The van der Waals surface area contributed by atoms with Crippen LogP contribution in [0.5, 0.6) is 0 Å². The molecular formula is C10H20N2O2. The Morgan fingerprint density at radius 1 is 1.50 bits per heavy atom. The molecule has 0 bridgehead atoms. The fraction of sp³-hybridized carbons (Fsp3) is 0.700. The standard InChI is InChI=1S/C10H20N2O2/c1-3-8-14-9-4-5-10(13)12-7-6-11-2/h3,11H,1,4-9H2,2H3,(H,12,13). The molecule has 0 aromatic carbocycles. The van der Waals surface area contributed by atoms with Crippen LogP contribution in [0.3, 0.4) is 0 Å². The van der Waals surface area contributed by atoms with E-state index >= 15 is 0 Å². The second kappa shape index (κ2) is 10.2. The molecule has 0 radical (unpaired) electrons. The maximum absolute atomic E-state index is 11.1. The van der Waals surface area contributed by atoms with E-state index in [0.29, 0.717) is 26.2 Å². The van der Waals surface area contributed by atoms with Gasteiger partial charge in [0.25, 0.3) is 0 Å². The fourth-order valence-electron chi connectivity index (χ4n) is 0.917. The molecule has 2 N–H and O–H groups in total. The molecule has 0 saturated carbocycles. The lowest BCUT2D eigenvalue weighted by atomic mass is 10.3. The normalized spacial score (nSPS) is 9.79. The zero-order valence-electron chi connectivity index (χ0n) is 8.84. The summed E-state index contributed by atoms with van der Waals surface area (Å²) in [6, 6.07) is 0. The van der Waals surface area contributed by atoms with Crippen molar-refractivity contribution in [1.82, 2.24) is 10.6 Å². The molecule has 1 amide bonds. The van der Waals surface area contributed by atoms with E-state index in [2.05, 4.69) is 17.2 Å². The van der Waals surface area contributed by atoms with Crippen LogP contribution in [-0.4, -0.2) is 39.3 Å². The molecule has 0 aromatic heterocycles. The molecule has 14 heavy (non-hydrogen) atoms. The van der Waals surface area contributed by atoms with Gasteiger partial charge in [0.05, 0.1) is 6.61 Å². The van der Waals surface area contributed by atoms with E-state index in [1.165, 1.54) is 0 Å². The summed E-state index contributed by atoms with van der Waals surface area (Å²) in [4.78, 5) is 11.1. The molecule has 0 rings (SSSR count). The SMILES string of the molecule is C=CCOCCCC(=O)NCCNC. The van der Waals surface area contributed by atoms with E-state index in [1.807, 2.05) is 7.05 Å². The Morgan fingerprint density at radius 3 is 2.93 bits per heavy atom. The van der Waals surface area contributed by atoms with Crippen LogP contribution in [0.15, 0.2) is 12.7 Å². The lowest BCUT2D eigenvalue weighted by Crippen LogP contribution is -2.30. The molecule has 0 aromatic rings. The predicted octanol–water partition coefficient (Wildman–Crippen LogP) is 0.305. The summed E-state index contributed by atoms with van der Waals surface area (Å²) < 4.78 is 5.15. The number of ether oxygens (including phenoxy) is 1. The number of likely N-dealkylation sites (N-methyl/N-ethyl adjacent to an activating group) is 1. The number of hydrogen-bond donors (Lipinski definition) is 2. The first kappa shape index (κ1) is 13.1. The van der Waals surface area contributed by atoms with Crippen molar-refractivity contribution in [3.63, 3.8) is 0 Å². The van der Waals surface area contributed by atoms with E-state index in [9.17, 15) is 4.79 Å². The van der Waals surface area contributed by atoms with Crippen molar-refractivity contribution in [3.8, 4) is 0 Å². The van der Waals surface area contributed by atoms with Crippen molar-refractivity contribution in [2.75, 3.05) is 33.4 Å². The minimum atomic E-state index is 0.0856. The molecule has 82 valence electrons. The minimum absolute atomic E-state index is 0.0856. The van der Waals surface area contributed by atoms with Crippen molar-refractivity contribution in [1.29, 1.82) is 0 Å². The summed E-state index contributed by atoms with van der Waals surface area (Å²) in [5.41, 5.74) is 0. The summed E-state index contributed by atoms with van der Waals surface area (Å²) >= 11 is 0. The van der Waals surface area contributed by atoms with Crippen LogP contribution in [0.2, 0.25) is 0 Å². The summed E-state index contributed by atoms with van der Waals surface area (Å²) in [6.07, 6.45) is 2.99. The van der Waals surface area contributed by atoms with Crippen LogP contribution in [0.25, 0.3) is 0 Å². The monoisotopic (exact) mass is 200 g/mol. The maximum atomic E-state index is 11.1. The Kier molecular flexibility index (Phi) is 9.58. The number of rotatable bonds is 9. The van der Waals surface area contributed by atoms with Crippen LogP contribution in [-0.2, 0) is 9.53 Å². The number of carbonyl (C=O) groups excluding carboxylic acids is 1. The average Bonchev–Trinajstić information content (AvgIpc) is 2.18. The molecule has 0 aliphatic rings. The topological polar surface area (TPSA) is 50.4 Å². The maximum Gasteiger partial charge on any atom is 0.220 e. The molecule has 4 nitrogen and oxygen atoms in total. The Labute approximate surface area is 85.7 Å². The van der Waals surface area contributed by atoms with Gasteiger partial charge in [-0.25, -0.2) is 0 Å². The number of amides is 1. The summed E-state index contributed by atoms with van der Waals surface area (Å²) in [6.45, 7) is 6.19. The quantitative estimate of drug-likeness (QED) is 0.416. The van der Waals surface area contributed by atoms with E-state index in [1.54, 1.807) is 6.08 Å². The van der Waals surface area contributed by atoms with E-state index in [-0.39, 0.29) is 5.91 Å². The first-order valence-corrected chi connectivity index (χ1v) is 4.91. The highest BCUT2D eigenvalue weighted by atomic mass is 16.5. The molecule has 0 aliphatic carbocycles. The highest BCUT2D eigenvalue weighted by Crippen LogP contribution is 1.90. The van der Waals surface area contributed by atoms with Gasteiger partial charge in [0.15, 0.2) is 0 Å². The van der Waals surface area contributed by atoms with Crippen molar-refractivity contribution in [2.24, 2.45) is 0 Å². The van der Waals surface area contributed by atoms with Gasteiger partial charge in [-0.2, -0.15) is 0 Å². The third kappa shape index (κ3) is 9.22. The Balaban J connectivity index is 3.14. The predicted molar refractivity (Wildman–Crippen MR) is 57.2 cm³/mol. The lowest BCUT2D eigenvalue weighted by molar-refractivity contribution is -0.121. The first-order chi connectivity index (χ1) is 6.81. The van der Waals surface area contributed by atoms with E-state index in [0.717, 1.165) is 13.0 Å². The number of carbonyl (C=O) groups is 1. The van der Waals surface area contributed by atoms with Crippen LogP contribution < -0.4 is 10.6 Å². The smallest absolute Gasteiger partial charge is 0.220 e. The minimum Gasteiger partial charge on any atom is -0.377 e. The molecule has 0 saturated heterocycles. The summed E-state index contributed by atoms with van der Waals surface area (Å²) in [5, 5.41) is 5.75. The van der Waals surface area contributed by atoms with Gasteiger partial charge in [0, 0.05) is 26.1 Å². The Bertz CT molecular complexity index is 160. The van der Waals surface area contributed by atoms with Gasteiger partial charge in [0.1, 0.15) is 0 Å². The molecule has 0 heterocycles. The highest BCUT2D eigenvalue weighted by molar-refractivity contribution is 5.75. The van der Waals surface area contributed by atoms with Crippen molar-refractivity contribution < 1.29 is 9.53 Å². The molecule has 4 heteroatoms. The summed E-state index contributed by atoms with van der Waals surface area (Å²) in [5.74, 6) is 0.0856. The molecule has 0 fully saturated rings. The van der Waals surface area contributed by atoms with Gasteiger partial charge in [-0.15, -0.1) is 6.58 Å².